The van der Waals surface area contributed by atoms with Crippen molar-refractivity contribution in [2.24, 2.45) is 23.0 Å². The molecule has 1 heterocycles. The number of carbonyl (C=O) groups excluding carboxylic acids is 1. The van der Waals surface area contributed by atoms with Crippen molar-refractivity contribution in [3.05, 3.63) is 0 Å². The number of likely N-dealkylation sites (tertiary alicyclic amines) is 1. The molecule has 2 fully saturated rings. The van der Waals surface area contributed by atoms with Crippen LogP contribution in [0.2, 0.25) is 0 Å². The molecule has 1 unspecified atom stereocenters. The first kappa shape index (κ1) is 13.8. The van der Waals surface area contributed by atoms with Crippen molar-refractivity contribution in [1.29, 1.82) is 0 Å². The Bertz CT molecular complexity index is 350. The summed E-state index contributed by atoms with van der Waals surface area (Å²) < 4.78 is 0. The lowest BCUT2D eigenvalue weighted by Gasteiger charge is -2.26. The Balaban J connectivity index is 1.98. The van der Waals surface area contributed by atoms with E-state index in [9.17, 15) is 4.79 Å². The molecule has 0 aromatic heterocycles. The first-order chi connectivity index (χ1) is 8.47. The normalized spacial score (nSPS) is 26.8. The van der Waals surface area contributed by atoms with E-state index >= 15 is 0 Å². The second-order valence-corrected chi connectivity index (χ2v) is 6.61. The summed E-state index contributed by atoms with van der Waals surface area (Å²) in [6, 6.07) is 0. The van der Waals surface area contributed by atoms with E-state index in [-0.39, 0.29) is 5.91 Å². The standard InChI is InChI=1S/C14H24N2OS/c1-10(2)11-4-3-8-16(9-5-11)13(17)14(6-7-14)12(15)18/h10-11H,3-9H2,1-2H3,(H2,15,18). The summed E-state index contributed by atoms with van der Waals surface area (Å²) in [4.78, 5) is 14.9. The Hall–Kier alpha value is -0.640. The van der Waals surface area contributed by atoms with Gasteiger partial charge in [-0.1, -0.05) is 26.1 Å². The third kappa shape index (κ3) is 2.53. The highest BCUT2D eigenvalue weighted by molar-refractivity contribution is 7.80. The lowest BCUT2D eigenvalue weighted by atomic mass is 9.89. The molecule has 2 rings (SSSR count). The van der Waals surface area contributed by atoms with Crippen LogP contribution in [0.4, 0.5) is 0 Å². The van der Waals surface area contributed by atoms with Crippen molar-refractivity contribution in [2.45, 2.75) is 46.0 Å². The molecule has 1 aliphatic heterocycles. The predicted octanol–water partition coefficient (Wildman–Crippen LogP) is 2.34. The van der Waals surface area contributed by atoms with Gasteiger partial charge in [0.25, 0.3) is 0 Å². The molecule has 2 aliphatic rings. The van der Waals surface area contributed by atoms with Crippen molar-refractivity contribution >= 4 is 23.1 Å². The van der Waals surface area contributed by atoms with Gasteiger partial charge in [0.1, 0.15) is 0 Å². The highest BCUT2D eigenvalue weighted by atomic mass is 32.1. The van der Waals surface area contributed by atoms with Crippen LogP contribution in [0.1, 0.15) is 46.0 Å². The number of carbonyl (C=O) groups is 1. The Morgan fingerprint density at radius 1 is 1.33 bits per heavy atom. The number of hydrogen-bond acceptors (Lipinski definition) is 2. The smallest absolute Gasteiger partial charge is 0.235 e. The average Bonchev–Trinajstić information content (AvgIpc) is 3.12. The molecule has 0 bridgehead atoms. The van der Waals surface area contributed by atoms with Crippen LogP contribution in [0, 0.1) is 17.3 Å². The fourth-order valence-electron chi connectivity index (χ4n) is 2.99. The van der Waals surface area contributed by atoms with E-state index in [0.717, 1.165) is 44.7 Å². The van der Waals surface area contributed by atoms with Crippen LogP contribution in [0.5, 0.6) is 0 Å². The molecular formula is C14H24N2OS. The summed E-state index contributed by atoms with van der Waals surface area (Å²) in [6.07, 6.45) is 5.18. The van der Waals surface area contributed by atoms with Crippen molar-refractivity contribution in [3.63, 3.8) is 0 Å². The van der Waals surface area contributed by atoms with Crippen molar-refractivity contribution in [3.8, 4) is 0 Å². The van der Waals surface area contributed by atoms with Gasteiger partial charge >= 0.3 is 0 Å². The molecular weight excluding hydrogens is 244 g/mol. The summed E-state index contributed by atoms with van der Waals surface area (Å²) in [5, 5.41) is 0. The molecule has 2 N–H and O–H groups in total. The number of thiocarbonyl (C=S) groups is 1. The van der Waals surface area contributed by atoms with Gasteiger partial charge in [0.05, 0.1) is 10.4 Å². The van der Waals surface area contributed by atoms with E-state index in [1.165, 1.54) is 6.42 Å². The molecule has 102 valence electrons. The SMILES string of the molecule is CC(C)C1CCCN(C(=O)C2(C(N)=S)CC2)CC1. The molecule has 1 aliphatic carbocycles. The number of hydrogen-bond donors (Lipinski definition) is 1. The van der Waals surface area contributed by atoms with E-state index in [4.69, 9.17) is 18.0 Å². The second kappa shape index (κ2) is 5.16. The van der Waals surface area contributed by atoms with Gasteiger partial charge in [-0.2, -0.15) is 0 Å². The Labute approximate surface area is 115 Å². The van der Waals surface area contributed by atoms with Crippen LogP contribution >= 0.6 is 12.2 Å². The highest BCUT2D eigenvalue weighted by Gasteiger charge is 2.54. The second-order valence-electron chi connectivity index (χ2n) is 6.17. The maximum absolute atomic E-state index is 12.5. The van der Waals surface area contributed by atoms with Gasteiger partial charge in [-0.25, -0.2) is 0 Å². The summed E-state index contributed by atoms with van der Waals surface area (Å²) >= 11 is 5.07. The van der Waals surface area contributed by atoms with Gasteiger partial charge in [0, 0.05) is 13.1 Å². The zero-order chi connectivity index (χ0) is 13.3. The molecule has 0 aromatic carbocycles. The van der Waals surface area contributed by atoms with Crippen LogP contribution in [0.15, 0.2) is 0 Å². The molecule has 3 nitrogen and oxygen atoms in total. The van der Waals surface area contributed by atoms with E-state index in [0.29, 0.717) is 10.9 Å². The minimum absolute atomic E-state index is 0.194. The lowest BCUT2D eigenvalue weighted by Crippen LogP contribution is -2.43. The van der Waals surface area contributed by atoms with Gasteiger partial charge in [-0.3, -0.25) is 4.79 Å². The van der Waals surface area contributed by atoms with Gasteiger partial charge in [-0.15, -0.1) is 0 Å². The van der Waals surface area contributed by atoms with Crippen molar-refractivity contribution in [2.75, 3.05) is 13.1 Å². The van der Waals surface area contributed by atoms with E-state index in [1.54, 1.807) is 0 Å². The van der Waals surface area contributed by atoms with Crippen LogP contribution < -0.4 is 5.73 Å². The maximum Gasteiger partial charge on any atom is 0.235 e. The monoisotopic (exact) mass is 268 g/mol. The Kier molecular flexibility index (Phi) is 3.95. The predicted molar refractivity (Wildman–Crippen MR) is 77.2 cm³/mol. The van der Waals surface area contributed by atoms with Crippen molar-refractivity contribution < 1.29 is 4.79 Å². The molecule has 4 heteroatoms. The molecule has 0 aromatic rings. The molecule has 1 amide bonds. The highest BCUT2D eigenvalue weighted by Crippen LogP contribution is 2.47. The van der Waals surface area contributed by atoms with E-state index in [2.05, 4.69) is 13.8 Å². The zero-order valence-electron chi connectivity index (χ0n) is 11.4. The van der Waals surface area contributed by atoms with E-state index in [1.807, 2.05) is 4.90 Å². The summed E-state index contributed by atoms with van der Waals surface area (Å²) in [5.41, 5.74) is 5.27. The van der Waals surface area contributed by atoms with E-state index < -0.39 is 5.41 Å². The van der Waals surface area contributed by atoms with Crippen LogP contribution in [-0.2, 0) is 4.79 Å². The van der Waals surface area contributed by atoms with Gasteiger partial charge in [-0.05, 0) is 43.9 Å². The average molecular weight is 268 g/mol. The number of rotatable bonds is 3. The lowest BCUT2D eigenvalue weighted by molar-refractivity contribution is -0.134. The van der Waals surface area contributed by atoms with Crippen LogP contribution in [0.3, 0.4) is 0 Å². The Morgan fingerprint density at radius 2 is 2.00 bits per heavy atom. The third-order valence-corrected chi connectivity index (χ3v) is 5.02. The number of nitrogens with two attached hydrogens (primary N) is 1. The van der Waals surface area contributed by atoms with Gasteiger partial charge < -0.3 is 10.6 Å². The molecule has 0 radical (unpaired) electrons. The minimum atomic E-state index is -0.465. The molecule has 1 saturated heterocycles. The first-order valence-electron chi connectivity index (χ1n) is 7.06. The Morgan fingerprint density at radius 3 is 2.50 bits per heavy atom. The summed E-state index contributed by atoms with van der Waals surface area (Å²) in [5.74, 6) is 1.66. The summed E-state index contributed by atoms with van der Waals surface area (Å²) in [6.45, 7) is 6.32. The molecule has 1 atom stereocenters. The zero-order valence-corrected chi connectivity index (χ0v) is 12.3. The molecule has 18 heavy (non-hydrogen) atoms. The first-order valence-corrected chi connectivity index (χ1v) is 7.47. The minimum Gasteiger partial charge on any atom is -0.392 e. The van der Waals surface area contributed by atoms with Crippen LogP contribution in [-0.4, -0.2) is 28.9 Å². The van der Waals surface area contributed by atoms with Crippen LogP contribution in [0.25, 0.3) is 0 Å². The molecule has 1 saturated carbocycles. The van der Waals surface area contributed by atoms with Gasteiger partial charge in [0.15, 0.2) is 0 Å². The number of nitrogens with zero attached hydrogens (tertiary/aromatic N) is 1. The quantitative estimate of drug-likeness (QED) is 0.799. The topological polar surface area (TPSA) is 46.3 Å². The maximum atomic E-state index is 12.5. The number of amides is 1. The summed E-state index contributed by atoms with van der Waals surface area (Å²) in [7, 11) is 0. The fraction of sp³-hybridized carbons (Fsp3) is 0.857. The van der Waals surface area contributed by atoms with Gasteiger partial charge in [0.2, 0.25) is 5.91 Å². The molecule has 0 spiro atoms. The fourth-order valence-corrected chi connectivity index (χ4v) is 3.28. The van der Waals surface area contributed by atoms with Crippen molar-refractivity contribution in [1.82, 2.24) is 4.90 Å². The third-order valence-electron chi connectivity index (χ3n) is 4.63. The largest absolute Gasteiger partial charge is 0.392 e.